The minimum Gasteiger partial charge on any atom is -0.481 e. The van der Waals surface area contributed by atoms with E-state index in [9.17, 15) is 4.79 Å². The number of carboxylic acid groups (broad SMARTS) is 1. The van der Waals surface area contributed by atoms with Crippen LogP contribution in [0.2, 0.25) is 0 Å². The summed E-state index contributed by atoms with van der Waals surface area (Å²) in [5.41, 5.74) is 2.31. The van der Waals surface area contributed by atoms with Crippen LogP contribution >= 0.6 is 0 Å². The van der Waals surface area contributed by atoms with Crippen LogP contribution in [-0.4, -0.2) is 21.0 Å². The second kappa shape index (κ2) is 5.05. The Hall–Kier alpha value is -1.45. The Morgan fingerprint density at radius 1 is 1.31 bits per heavy atom. The molecule has 0 aliphatic rings. The molecule has 1 unspecified atom stereocenters. The van der Waals surface area contributed by atoms with Gasteiger partial charge in [0, 0.05) is 23.4 Å². The fraction of sp³-hybridized carbons (Fsp3) is 0.583. The van der Waals surface area contributed by atoms with Gasteiger partial charge in [-0.25, -0.2) is 9.97 Å². The average Bonchev–Trinajstić information content (AvgIpc) is 2.16. The van der Waals surface area contributed by atoms with Crippen LogP contribution in [0, 0.1) is 13.8 Å². The van der Waals surface area contributed by atoms with E-state index in [0.29, 0.717) is 0 Å². The SMILES string of the molecule is CCCc1nc(C)c(C(C)C(=O)O)c(C)n1. The standard InChI is InChI=1S/C12H18N2O2/c1-5-6-10-13-8(3)11(9(4)14-10)7(2)12(15)16/h7H,5-6H2,1-4H3,(H,15,16). The van der Waals surface area contributed by atoms with E-state index in [0.717, 1.165) is 35.6 Å². The predicted molar refractivity (Wildman–Crippen MR) is 61.6 cm³/mol. The number of carbonyl (C=O) groups is 1. The summed E-state index contributed by atoms with van der Waals surface area (Å²) in [5, 5.41) is 9.00. The highest BCUT2D eigenvalue weighted by atomic mass is 16.4. The number of hydrogen-bond donors (Lipinski definition) is 1. The lowest BCUT2D eigenvalue weighted by molar-refractivity contribution is -0.138. The van der Waals surface area contributed by atoms with E-state index in [4.69, 9.17) is 5.11 Å². The maximum atomic E-state index is 11.0. The molecule has 1 aromatic rings. The van der Waals surface area contributed by atoms with Crippen molar-refractivity contribution < 1.29 is 9.90 Å². The summed E-state index contributed by atoms with van der Waals surface area (Å²) in [6.45, 7) is 7.44. The van der Waals surface area contributed by atoms with Gasteiger partial charge in [0.25, 0.3) is 0 Å². The molecule has 1 aromatic heterocycles. The third-order valence-electron chi connectivity index (χ3n) is 2.65. The van der Waals surface area contributed by atoms with Crippen LogP contribution in [0.4, 0.5) is 0 Å². The highest BCUT2D eigenvalue weighted by Gasteiger charge is 2.20. The Kier molecular flexibility index (Phi) is 3.99. The lowest BCUT2D eigenvalue weighted by Crippen LogP contribution is -2.14. The number of aromatic nitrogens is 2. The molecule has 0 saturated carbocycles. The molecule has 1 N–H and O–H groups in total. The first-order chi connectivity index (χ1) is 7.47. The Balaban J connectivity index is 3.17. The summed E-state index contributed by atoms with van der Waals surface area (Å²) in [6, 6.07) is 0. The zero-order valence-electron chi connectivity index (χ0n) is 10.2. The van der Waals surface area contributed by atoms with E-state index in [1.54, 1.807) is 6.92 Å². The van der Waals surface area contributed by atoms with Crippen molar-refractivity contribution in [3.63, 3.8) is 0 Å². The molecule has 88 valence electrons. The van der Waals surface area contributed by atoms with Gasteiger partial charge in [0.2, 0.25) is 0 Å². The van der Waals surface area contributed by atoms with E-state index in [1.165, 1.54) is 0 Å². The summed E-state index contributed by atoms with van der Waals surface area (Å²) in [6.07, 6.45) is 1.83. The van der Waals surface area contributed by atoms with Crippen molar-refractivity contribution in [3.8, 4) is 0 Å². The topological polar surface area (TPSA) is 63.1 Å². The molecule has 0 bridgehead atoms. The van der Waals surface area contributed by atoms with E-state index in [1.807, 2.05) is 13.8 Å². The Morgan fingerprint density at radius 2 is 1.81 bits per heavy atom. The van der Waals surface area contributed by atoms with Crippen LogP contribution < -0.4 is 0 Å². The van der Waals surface area contributed by atoms with Crippen LogP contribution in [-0.2, 0) is 11.2 Å². The van der Waals surface area contributed by atoms with Gasteiger partial charge < -0.3 is 5.11 Å². The fourth-order valence-corrected chi connectivity index (χ4v) is 1.88. The zero-order chi connectivity index (χ0) is 12.3. The molecule has 1 heterocycles. The number of aliphatic carboxylic acids is 1. The molecule has 0 spiro atoms. The number of carboxylic acids is 1. The Bertz CT molecular complexity index is 379. The van der Waals surface area contributed by atoms with Crippen LogP contribution in [0.1, 0.15) is 49.0 Å². The molecule has 0 amide bonds. The lowest BCUT2D eigenvalue weighted by atomic mass is 9.98. The van der Waals surface area contributed by atoms with Gasteiger partial charge in [-0.05, 0) is 27.2 Å². The van der Waals surface area contributed by atoms with Crippen molar-refractivity contribution in [3.05, 3.63) is 22.8 Å². The van der Waals surface area contributed by atoms with Crippen molar-refractivity contribution in [1.29, 1.82) is 0 Å². The van der Waals surface area contributed by atoms with Crippen molar-refractivity contribution in [2.24, 2.45) is 0 Å². The van der Waals surface area contributed by atoms with Gasteiger partial charge in [0.15, 0.2) is 0 Å². The summed E-state index contributed by atoms with van der Waals surface area (Å²) in [4.78, 5) is 19.7. The molecule has 4 nitrogen and oxygen atoms in total. The molecule has 0 saturated heterocycles. The minimum absolute atomic E-state index is 0.546. The summed E-state index contributed by atoms with van der Waals surface area (Å²) < 4.78 is 0. The summed E-state index contributed by atoms with van der Waals surface area (Å²) >= 11 is 0. The first kappa shape index (κ1) is 12.6. The molecule has 16 heavy (non-hydrogen) atoms. The first-order valence-electron chi connectivity index (χ1n) is 5.54. The van der Waals surface area contributed by atoms with E-state index in [-0.39, 0.29) is 0 Å². The molecule has 1 rings (SSSR count). The van der Waals surface area contributed by atoms with Gasteiger partial charge in [0.05, 0.1) is 5.92 Å². The fourth-order valence-electron chi connectivity index (χ4n) is 1.88. The van der Waals surface area contributed by atoms with Crippen molar-refractivity contribution in [1.82, 2.24) is 9.97 Å². The number of nitrogens with zero attached hydrogens (tertiary/aromatic N) is 2. The van der Waals surface area contributed by atoms with Crippen molar-refractivity contribution in [2.45, 2.75) is 46.5 Å². The van der Waals surface area contributed by atoms with Gasteiger partial charge in [-0.2, -0.15) is 0 Å². The Labute approximate surface area is 95.7 Å². The van der Waals surface area contributed by atoms with Gasteiger partial charge >= 0.3 is 5.97 Å². The highest BCUT2D eigenvalue weighted by molar-refractivity contribution is 5.76. The first-order valence-corrected chi connectivity index (χ1v) is 5.54. The second-order valence-electron chi connectivity index (χ2n) is 4.03. The second-order valence-corrected chi connectivity index (χ2v) is 4.03. The minimum atomic E-state index is -0.835. The smallest absolute Gasteiger partial charge is 0.310 e. The Morgan fingerprint density at radius 3 is 2.19 bits per heavy atom. The zero-order valence-corrected chi connectivity index (χ0v) is 10.2. The number of rotatable bonds is 4. The van der Waals surface area contributed by atoms with Crippen molar-refractivity contribution in [2.75, 3.05) is 0 Å². The average molecular weight is 222 g/mol. The molecule has 0 radical (unpaired) electrons. The highest BCUT2D eigenvalue weighted by Crippen LogP contribution is 2.21. The van der Waals surface area contributed by atoms with Gasteiger partial charge in [0.1, 0.15) is 5.82 Å². The largest absolute Gasteiger partial charge is 0.481 e. The molecule has 0 aliphatic carbocycles. The molecular formula is C12H18N2O2. The number of aryl methyl sites for hydroxylation is 3. The van der Waals surface area contributed by atoms with Crippen LogP contribution in [0.25, 0.3) is 0 Å². The van der Waals surface area contributed by atoms with E-state index < -0.39 is 11.9 Å². The maximum Gasteiger partial charge on any atom is 0.310 e. The third kappa shape index (κ3) is 2.56. The van der Waals surface area contributed by atoms with Gasteiger partial charge in [-0.15, -0.1) is 0 Å². The lowest BCUT2D eigenvalue weighted by Gasteiger charge is -2.13. The van der Waals surface area contributed by atoms with Gasteiger partial charge in [-0.3, -0.25) is 4.79 Å². The van der Waals surface area contributed by atoms with Crippen LogP contribution in [0.3, 0.4) is 0 Å². The van der Waals surface area contributed by atoms with E-state index in [2.05, 4.69) is 16.9 Å². The monoisotopic (exact) mass is 222 g/mol. The van der Waals surface area contributed by atoms with Gasteiger partial charge in [-0.1, -0.05) is 6.92 Å². The maximum absolute atomic E-state index is 11.0. The molecule has 0 fully saturated rings. The molecule has 4 heteroatoms. The summed E-state index contributed by atoms with van der Waals surface area (Å²) in [7, 11) is 0. The summed E-state index contributed by atoms with van der Waals surface area (Å²) in [5.74, 6) is -0.576. The van der Waals surface area contributed by atoms with Crippen molar-refractivity contribution >= 4 is 5.97 Å². The molecular weight excluding hydrogens is 204 g/mol. The molecule has 1 atom stereocenters. The van der Waals surface area contributed by atoms with Crippen LogP contribution in [0.15, 0.2) is 0 Å². The van der Waals surface area contributed by atoms with Crippen LogP contribution in [0.5, 0.6) is 0 Å². The number of hydrogen-bond acceptors (Lipinski definition) is 3. The predicted octanol–water partition coefficient (Wildman–Crippen LogP) is 2.23. The quantitative estimate of drug-likeness (QED) is 0.848. The van der Waals surface area contributed by atoms with E-state index >= 15 is 0 Å². The normalized spacial score (nSPS) is 12.5. The molecule has 0 aromatic carbocycles. The third-order valence-corrected chi connectivity index (χ3v) is 2.65. The molecule has 0 aliphatic heterocycles.